The fourth-order valence-electron chi connectivity index (χ4n) is 2.41. The van der Waals surface area contributed by atoms with Crippen LogP contribution in [0.4, 0.5) is 5.69 Å². The normalized spacial score (nSPS) is 15.8. The molecule has 0 aliphatic heterocycles. The minimum absolute atomic E-state index is 0.173. The Hall–Kier alpha value is -1.46. The second-order valence-electron chi connectivity index (χ2n) is 4.84. The Labute approximate surface area is 113 Å². The van der Waals surface area contributed by atoms with Crippen LogP contribution in [0, 0.1) is 10.1 Å². The van der Waals surface area contributed by atoms with Crippen LogP contribution in [0.2, 0.25) is 0 Å². The van der Waals surface area contributed by atoms with Crippen molar-refractivity contribution in [3.8, 4) is 0 Å². The van der Waals surface area contributed by atoms with Gasteiger partial charge >= 0.3 is 0 Å². The minimum atomic E-state index is -0.341. The molecule has 1 fully saturated rings. The van der Waals surface area contributed by atoms with Crippen LogP contribution in [-0.4, -0.2) is 24.2 Å². The first-order chi connectivity index (χ1) is 9.27. The van der Waals surface area contributed by atoms with Crippen LogP contribution in [0.5, 0.6) is 0 Å². The smallest absolute Gasteiger partial charge is 0.273 e. The highest BCUT2D eigenvalue weighted by molar-refractivity contribution is 5.39. The number of para-hydroxylation sites is 1. The van der Waals surface area contributed by atoms with Crippen molar-refractivity contribution >= 4 is 5.69 Å². The Morgan fingerprint density at radius 3 is 2.79 bits per heavy atom. The van der Waals surface area contributed by atoms with Gasteiger partial charge in [-0.25, -0.2) is 0 Å². The highest BCUT2D eigenvalue weighted by Crippen LogP contribution is 2.20. The van der Waals surface area contributed by atoms with E-state index in [9.17, 15) is 10.1 Å². The molecule has 1 aromatic carbocycles. The minimum Gasteiger partial charge on any atom is -0.377 e. The van der Waals surface area contributed by atoms with E-state index in [0.29, 0.717) is 24.8 Å². The number of nitrogens with zero attached hydrogens (tertiary/aromatic N) is 1. The summed E-state index contributed by atoms with van der Waals surface area (Å²) >= 11 is 0. The lowest BCUT2D eigenvalue weighted by Crippen LogP contribution is -2.22. The van der Waals surface area contributed by atoms with Gasteiger partial charge in [0.05, 0.1) is 17.6 Å². The average Bonchev–Trinajstić information content (AvgIpc) is 2.92. The first-order valence-electron chi connectivity index (χ1n) is 6.82. The van der Waals surface area contributed by atoms with Crippen molar-refractivity contribution in [1.29, 1.82) is 0 Å². The van der Waals surface area contributed by atoms with Crippen LogP contribution in [-0.2, 0) is 11.3 Å². The molecule has 104 valence electrons. The predicted molar refractivity (Wildman–Crippen MR) is 73.0 cm³/mol. The van der Waals surface area contributed by atoms with Gasteiger partial charge in [-0.1, -0.05) is 31.0 Å². The van der Waals surface area contributed by atoms with E-state index >= 15 is 0 Å². The van der Waals surface area contributed by atoms with E-state index in [-0.39, 0.29) is 10.6 Å². The third-order valence-corrected chi connectivity index (χ3v) is 3.44. The molecule has 0 bridgehead atoms. The Balaban J connectivity index is 1.69. The van der Waals surface area contributed by atoms with Crippen LogP contribution in [0.15, 0.2) is 24.3 Å². The Morgan fingerprint density at radius 1 is 1.32 bits per heavy atom. The van der Waals surface area contributed by atoms with Crippen LogP contribution in [0.1, 0.15) is 31.2 Å². The van der Waals surface area contributed by atoms with Crippen molar-refractivity contribution in [2.75, 3.05) is 13.2 Å². The van der Waals surface area contributed by atoms with Gasteiger partial charge < -0.3 is 10.1 Å². The van der Waals surface area contributed by atoms with E-state index in [1.54, 1.807) is 12.1 Å². The summed E-state index contributed by atoms with van der Waals surface area (Å²) in [6.45, 7) is 1.90. The lowest BCUT2D eigenvalue weighted by molar-refractivity contribution is -0.385. The summed E-state index contributed by atoms with van der Waals surface area (Å²) in [5.74, 6) is 0. The van der Waals surface area contributed by atoms with E-state index in [2.05, 4.69) is 5.32 Å². The van der Waals surface area contributed by atoms with Gasteiger partial charge in [0.15, 0.2) is 0 Å². The van der Waals surface area contributed by atoms with Crippen LogP contribution >= 0.6 is 0 Å². The third-order valence-electron chi connectivity index (χ3n) is 3.44. The first kappa shape index (κ1) is 14.0. The molecule has 1 aliphatic carbocycles. The van der Waals surface area contributed by atoms with Crippen molar-refractivity contribution in [2.24, 2.45) is 0 Å². The Morgan fingerprint density at radius 2 is 2.05 bits per heavy atom. The van der Waals surface area contributed by atoms with Gasteiger partial charge in [0.1, 0.15) is 0 Å². The molecule has 19 heavy (non-hydrogen) atoms. The van der Waals surface area contributed by atoms with Gasteiger partial charge in [-0.3, -0.25) is 10.1 Å². The van der Waals surface area contributed by atoms with Crippen LogP contribution < -0.4 is 5.32 Å². The summed E-state index contributed by atoms with van der Waals surface area (Å²) in [5, 5.41) is 14.0. The number of nitrogens with one attached hydrogen (secondary N) is 1. The number of nitro groups is 1. The molecule has 5 nitrogen and oxygen atoms in total. The first-order valence-corrected chi connectivity index (χ1v) is 6.82. The molecular weight excluding hydrogens is 244 g/mol. The number of hydrogen-bond donors (Lipinski definition) is 1. The lowest BCUT2D eigenvalue weighted by Gasteiger charge is -2.11. The van der Waals surface area contributed by atoms with E-state index in [1.807, 2.05) is 6.07 Å². The molecule has 1 aromatic rings. The highest BCUT2D eigenvalue weighted by Gasteiger charge is 2.15. The molecule has 0 saturated heterocycles. The zero-order valence-corrected chi connectivity index (χ0v) is 11.0. The maximum Gasteiger partial charge on any atom is 0.273 e. The summed E-state index contributed by atoms with van der Waals surface area (Å²) in [5.41, 5.74) is 0.889. The fraction of sp³-hybridized carbons (Fsp3) is 0.571. The number of hydrogen-bond acceptors (Lipinski definition) is 4. The van der Waals surface area contributed by atoms with Crippen molar-refractivity contribution in [2.45, 2.75) is 38.3 Å². The zero-order valence-electron chi connectivity index (χ0n) is 11.0. The van der Waals surface area contributed by atoms with E-state index in [4.69, 9.17) is 4.74 Å². The SMILES string of the molecule is O=[N+]([O-])c1ccccc1CNCCOC1CCCC1. The second kappa shape index (κ2) is 7.21. The average molecular weight is 264 g/mol. The molecule has 1 N–H and O–H groups in total. The molecule has 1 saturated carbocycles. The predicted octanol–water partition coefficient (Wildman–Crippen LogP) is 2.64. The van der Waals surface area contributed by atoms with Gasteiger partial charge in [-0.05, 0) is 12.8 Å². The maximum atomic E-state index is 10.8. The summed E-state index contributed by atoms with van der Waals surface area (Å²) < 4.78 is 5.72. The molecule has 0 unspecified atom stereocenters. The Bertz CT molecular complexity index is 417. The van der Waals surface area contributed by atoms with Crippen molar-refractivity contribution in [1.82, 2.24) is 5.32 Å². The van der Waals surface area contributed by atoms with E-state index in [1.165, 1.54) is 31.7 Å². The van der Waals surface area contributed by atoms with Gasteiger partial charge in [-0.2, -0.15) is 0 Å². The summed E-state index contributed by atoms with van der Waals surface area (Å²) in [6, 6.07) is 6.82. The third kappa shape index (κ3) is 4.29. The van der Waals surface area contributed by atoms with Crippen molar-refractivity contribution < 1.29 is 9.66 Å². The molecule has 0 amide bonds. The van der Waals surface area contributed by atoms with Gasteiger partial charge in [0, 0.05) is 24.7 Å². The molecule has 0 aromatic heterocycles. The molecule has 0 heterocycles. The van der Waals surface area contributed by atoms with Crippen LogP contribution in [0.3, 0.4) is 0 Å². The molecule has 5 heteroatoms. The molecule has 0 radical (unpaired) electrons. The van der Waals surface area contributed by atoms with Crippen LogP contribution in [0.25, 0.3) is 0 Å². The van der Waals surface area contributed by atoms with E-state index in [0.717, 1.165) is 6.54 Å². The van der Waals surface area contributed by atoms with Crippen molar-refractivity contribution in [3.63, 3.8) is 0 Å². The summed E-state index contributed by atoms with van der Waals surface area (Å²) in [7, 11) is 0. The van der Waals surface area contributed by atoms with Gasteiger partial charge in [0.25, 0.3) is 5.69 Å². The largest absolute Gasteiger partial charge is 0.377 e. The zero-order chi connectivity index (χ0) is 13.5. The van der Waals surface area contributed by atoms with E-state index < -0.39 is 0 Å². The highest BCUT2D eigenvalue weighted by atomic mass is 16.6. The second-order valence-corrected chi connectivity index (χ2v) is 4.84. The quantitative estimate of drug-likeness (QED) is 0.467. The maximum absolute atomic E-state index is 10.8. The topological polar surface area (TPSA) is 64.4 Å². The number of benzene rings is 1. The lowest BCUT2D eigenvalue weighted by atomic mass is 10.2. The number of ether oxygens (including phenoxy) is 1. The fourth-order valence-corrected chi connectivity index (χ4v) is 2.41. The monoisotopic (exact) mass is 264 g/mol. The number of nitro benzene ring substituents is 1. The number of rotatable bonds is 7. The standard InChI is InChI=1S/C14H20N2O3/c17-16(18)14-8-4-1-5-12(14)11-15-9-10-19-13-6-2-3-7-13/h1,4-5,8,13,15H,2-3,6-7,9-11H2. The molecular formula is C14H20N2O3. The molecule has 0 atom stereocenters. The van der Waals surface area contributed by atoms with Gasteiger partial charge in [0.2, 0.25) is 0 Å². The molecule has 0 spiro atoms. The summed E-state index contributed by atoms with van der Waals surface area (Å²) in [6.07, 6.45) is 5.31. The molecule has 1 aliphatic rings. The van der Waals surface area contributed by atoms with Crippen molar-refractivity contribution in [3.05, 3.63) is 39.9 Å². The van der Waals surface area contributed by atoms with Gasteiger partial charge in [-0.15, -0.1) is 0 Å². The molecule has 2 rings (SSSR count). The Kier molecular flexibility index (Phi) is 5.30. The summed E-state index contributed by atoms with van der Waals surface area (Å²) in [4.78, 5) is 10.5.